The van der Waals surface area contributed by atoms with Gasteiger partial charge in [0, 0.05) is 39.1 Å². The van der Waals surface area contributed by atoms with Crippen LogP contribution in [0.15, 0.2) is 22.8 Å². The molecule has 0 aromatic carbocycles. The summed E-state index contributed by atoms with van der Waals surface area (Å²) in [4.78, 5) is 25.9. The molecule has 156 valence electrons. The first-order valence-corrected chi connectivity index (χ1v) is 11.6. The van der Waals surface area contributed by atoms with Crippen LogP contribution < -0.4 is 5.32 Å². The normalized spacial score (nSPS) is 19.5. The highest BCUT2D eigenvalue weighted by Crippen LogP contribution is 2.26. The van der Waals surface area contributed by atoms with Gasteiger partial charge in [0.25, 0.3) is 5.91 Å². The fourth-order valence-corrected chi connectivity index (χ4v) is 5.24. The highest BCUT2D eigenvalue weighted by Gasteiger charge is 2.30. The van der Waals surface area contributed by atoms with Gasteiger partial charge in [0.05, 0.1) is 12.0 Å². The lowest BCUT2D eigenvalue weighted by molar-refractivity contribution is -0.122. The number of hydrogen-bond donors (Lipinski definition) is 1. The van der Waals surface area contributed by atoms with Crippen molar-refractivity contribution in [3.05, 3.63) is 24.2 Å². The Labute approximate surface area is 166 Å². The van der Waals surface area contributed by atoms with Crippen molar-refractivity contribution in [1.82, 2.24) is 14.5 Å². The zero-order valence-electron chi connectivity index (χ0n) is 16.1. The summed E-state index contributed by atoms with van der Waals surface area (Å²) in [7, 11) is -3.46. The lowest BCUT2D eigenvalue weighted by Gasteiger charge is -2.33. The van der Waals surface area contributed by atoms with Crippen LogP contribution in [0.4, 0.5) is 0 Å². The molecule has 0 unspecified atom stereocenters. The molecule has 0 bridgehead atoms. The van der Waals surface area contributed by atoms with Crippen LogP contribution in [0.25, 0.3) is 0 Å². The van der Waals surface area contributed by atoms with E-state index in [0.717, 1.165) is 12.8 Å². The lowest BCUT2D eigenvalue weighted by atomic mass is 9.87. The monoisotopic (exact) mass is 411 g/mol. The number of carbonyl (C=O) groups excluding carboxylic acids is 2. The van der Waals surface area contributed by atoms with Gasteiger partial charge in [-0.05, 0) is 30.9 Å². The Morgan fingerprint density at radius 3 is 2.46 bits per heavy atom. The highest BCUT2D eigenvalue weighted by molar-refractivity contribution is 7.89. The predicted molar refractivity (Wildman–Crippen MR) is 104 cm³/mol. The van der Waals surface area contributed by atoms with E-state index >= 15 is 0 Å². The second kappa shape index (κ2) is 9.56. The van der Waals surface area contributed by atoms with Crippen molar-refractivity contribution in [2.75, 3.05) is 38.5 Å². The Morgan fingerprint density at radius 1 is 1.11 bits per heavy atom. The van der Waals surface area contributed by atoms with Crippen LogP contribution in [-0.4, -0.2) is 67.9 Å². The van der Waals surface area contributed by atoms with Crippen molar-refractivity contribution >= 4 is 21.8 Å². The van der Waals surface area contributed by atoms with Gasteiger partial charge in [-0.3, -0.25) is 9.59 Å². The van der Waals surface area contributed by atoms with Crippen molar-refractivity contribution in [2.24, 2.45) is 5.92 Å². The largest absolute Gasteiger partial charge is 0.459 e. The number of piperazine rings is 1. The number of nitrogens with one attached hydrogen (secondary N) is 1. The third kappa shape index (κ3) is 5.57. The topological polar surface area (TPSA) is 99.9 Å². The van der Waals surface area contributed by atoms with Crippen LogP contribution >= 0.6 is 0 Å². The van der Waals surface area contributed by atoms with E-state index in [1.807, 2.05) is 0 Å². The maximum Gasteiger partial charge on any atom is 0.289 e. The van der Waals surface area contributed by atoms with Crippen molar-refractivity contribution in [3.63, 3.8) is 0 Å². The summed E-state index contributed by atoms with van der Waals surface area (Å²) in [5.41, 5.74) is 0. The van der Waals surface area contributed by atoms with Crippen molar-refractivity contribution in [3.8, 4) is 0 Å². The standard InChI is InChI=1S/C19H29N3O5S/c23-18(15-16-5-2-1-3-6-16)20-8-14-28(25,26)22-11-9-21(10-12-22)19(24)17-7-4-13-27-17/h4,7,13,16H,1-3,5-6,8-12,14-15H2,(H,20,23). The van der Waals surface area contributed by atoms with Crippen molar-refractivity contribution in [2.45, 2.75) is 38.5 Å². The molecule has 9 heteroatoms. The summed E-state index contributed by atoms with van der Waals surface area (Å²) in [6.45, 7) is 1.29. The molecule has 2 heterocycles. The van der Waals surface area contributed by atoms with Crippen LogP contribution in [-0.2, 0) is 14.8 Å². The number of rotatable bonds is 7. The third-order valence-electron chi connectivity index (χ3n) is 5.53. The van der Waals surface area contributed by atoms with E-state index in [-0.39, 0.29) is 43.0 Å². The first-order chi connectivity index (χ1) is 13.5. The van der Waals surface area contributed by atoms with Gasteiger partial charge in [-0.15, -0.1) is 0 Å². The van der Waals surface area contributed by atoms with Crippen LogP contribution in [0.2, 0.25) is 0 Å². The first kappa shape index (κ1) is 20.9. The van der Waals surface area contributed by atoms with E-state index in [0.29, 0.717) is 25.4 Å². The third-order valence-corrected chi connectivity index (χ3v) is 7.40. The summed E-state index contributed by atoms with van der Waals surface area (Å²) >= 11 is 0. The van der Waals surface area contributed by atoms with E-state index < -0.39 is 10.0 Å². The highest BCUT2D eigenvalue weighted by atomic mass is 32.2. The average Bonchev–Trinajstić information content (AvgIpc) is 3.23. The van der Waals surface area contributed by atoms with Gasteiger partial charge in [-0.1, -0.05) is 19.3 Å². The fourth-order valence-electron chi connectivity index (χ4n) is 3.90. The van der Waals surface area contributed by atoms with Gasteiger partial charge < -0.3 is 14.6 Å². The summed E-state index contributed by atoms with van der Waals surface area (Å²) in [5, 5.41) is 2.75. The summed E-state index contributed by atoms with van der Waals surface area (Å²) < 4.78 is 31.5. The predicted octanol–water partition coefficient (Wildman–Crippen LogP) is 1.45. The van der Waals surface area contributed by atoms with Gasteiger partial charge in [-0.2, -0.15) is 4.31 Å². The molecular formula is C19H29N3O5S. The maximum atomic E-state index is 12.5. The van der Waals surface area contributed by atoms with Crippen molar-refractivity contribution in [1.29, 1.82) is 0 Å². The maximum absolute atomic E-state index is 12.5. The number of amides is 2. The van der Waals surface area contributed by atoms with E-state index in [1.165, 1.54) is 29.8 Å². The number of sulfonamides is 1. The molecule has 1 saturated carbocycles. The first-order valence-electron chi connectivity index (χ1n) is 10.0. The molecule has 1 saturated heterocycles. The molecule has 2 aliphatic rings. The van der Waals surface area contributed by atoms with E-state index in [4.69, 9.17) is 4.42 Å². The Bertz CT molecular complexity index is 749. The van der Waals surface area contributed by atoms with Crippen molar-refractivity contribution < 1.29 is 22.4 Å². The van der Waals surface area contributed by atoms with Gasteiger partial charge >= 0.3 is 0 Å². The minimum absolute atomic E-state index is 0.0593. The zero-order chi connectivity index (χ0) is 20.0. The lowest BCUT2D eigenvalue weighted by Crippen LogP contribution is -2.51. The molecule has 2 amide bonds. The minimum Gasteiger partial charge on any atom is -0.459 e. The molecule has 1 aliphatic carbocycles. The Hall–Kier alpha value is -1.87. The molecule has 28 heavy (non-hydrogen) atoms. The zero-order valence-corrected chi connectivity index (χ0v) is 17.0. The number of furan rings is 1. The van der Waals surface area contributed by atoms with Gasteiger partial charge in [0.1, 0.15) is 0 Å². The Kier molecular flexibility index (Phi) is 7.12. The summed E-state index contributed by atoms with van der Waals surface area (Å²) in [6.07, 6.45) is 7.72. The smallest absolute Gasteiger partial charge is 0.289 e. The number of hydrogen-bond acceptors (Lipinski definition) is 5. The molecule has 1 aromatic rings. The van der Waals surface area contributed by atoms with Crippen LogP contribution in [0.5, 0.6) is 0 Å². The summed E-state index contributed by atoms with van der Waals surface area (Å²) in [5.74, 6) is 0.297. The molecule has 1 aliphatic heterocycles. The molecule has 0 radical (unpaired) electrons. The minimum atomic E-state index is -3.46. The molecule has 1 N–H and O–H groups in total. The molecule has 0 atom stereocenters. The van der Waals surface area contributed by atoms with Crippen LogP contribution in [0, 0.1) is 5.92 Å². The average molecular weight is 412 g/mol. The molecule has 0 spiro atoms. The number of carbonyl (C=O) groups is 2. The van der Waals surface area contributed by atoms with E-state index in [1.54, 1.807) is 17.0 Å². The quantitative estimate of drug-likeness (QED) is 0.732. The SMILES string of the molecule is O=C(CC1CCCCC1)NCCS(=O)(=O)N1CCN(C(=O)c2ccco2)CC1. The number of nitrogens with zero attached hydrogens (tertiary/aromatic N) is 2. The molecule has 1 aromatic heterocycles. The van der Waals surface area contributed by atoms with Gasteiger partial charge in [-0.25, -0.2) is 8.42 Å². The molecule has 2 fully saturated rings. The van der Waals surface area contributed by atoms with Crippen LogP contribution in [0.1, 0.15) is 49.1 Å². The second-order valence-electron chi connectivity index (χ2n) is 7.54. The Morgan fingerprint density at radius 2 is 1.82 bits per heavy atom. The van der Waals surface area contributed by atoms with Crippen LogP contribution in [0.3, 0.4) is 0 Å². The van der Waals surface area contributed by atoms with E-state index in [9.17, 15) is 18.0 Å². The van der Waals surface area contributed by atoms with Gasteiger partial charge in [0.15, 0.2) is 5.76 Å². The van der Waals surface area contributed by atoms with Gasteiger partial charge in [0.2, 0.25) is 15.9 Å². The second-order valence-corrected chi connectivity index (χ2v) is 9.63. The fraction of sp³-hybridized carbons (Fsp3) is 0.684. The summed E-state index contributed by atoms with van der Waals surface area (Å²) in [6, 6.07) is 3.25. The Balaban J connectivity index is 1.39. The van der Waals surface area contributed by atoms with E-state index in [2.05, 4.69) is 5.32 Å². The molecular weight excluding hydrogens is 382 g/mol. The molecule has 3 rings (SSSR count). The molecule has 8 nitrogen and oxygen atoms in total.